The van der Waals surface area contributed by atoms with Gasteiger partial charge in [-0.25, -0.2) is 0 Å². The Labute approximate surface area is 168 Å². The minimum atomic E-state index is -0.594. The van der Waals surface area contributed by atoms with Crippen molar-refractivity contribution >= 4 is 17.2 Å². The zero-order valence-electron chi connectivity index (χ0n) is 16.2. The number of primary amides is 1. The first kappa shape index (κ1) is 18.5. The molecule has 4 rings (SSSR count). The maximum atomic E-state index is 12.6. The number of nitrogens with zero attached hydrogens (tertiary/aromatic N) is 1. The number of ketones is 1. The van der Waals surface area contributed by atoms with Gasteiger partial charge in [0, 0.05) is 24.8 Å². The lowest BCUT2D eigenvalue weighted by molar-refractivity contribution is 0.1000. The molecule has 0 saturated carbocycles. The third-order valence-corrected chi connectivity index (χ3v) is 4.98. The number of rotatable bonds is 5. The lowest BCUT2D eigenvalue weighted by atomic mass is 9.95. The predicted molar refractivity (Wildman–Crippen MR) is 113 cm³/mol. The largest absolute Gasteiger partial charge is 0.497 e. The van der Waals surface area contributed by atoms with Crippen LogP contribution in [-0.4, -0.2) is 23.2 Å². The number of hydrogen-bond acceptors (Lipinski definition) is 3. The van der Waals surface area contributed by atoms with Crippen LogP contribution in [0.3, 0.4) is 0 Å². The molecule has 0 unspecified atom stereocenters. The number of carbonyl (C=O) groups excluding carboxylic acids is 2. The molecule has 2 aromatic carbocycles. The molecule has 0 fully saturated rings. The number of benzene rings is 2. The fraction of sp³-hybridized carbons (Fsp3) is 0.0833. The van der Waals surface area contributed by atoms with E-state index < -0.39 is 5.91 Å². The van der Waals surface area contributed by atoms with Crippen molar-refractivity contribution in [1.29, 1.82) is 0 Å². The van der Waals surface area contributed by atoms with Crippen LogP contribution in [0.15, 0.2) is 72.9 Å². The monoisotopic (exact) mass is 384 g/mol. The van der Waals surface area contributed by atoms with Crippen molar-refractivity contribution < 1.29 is 14.3 Å². The molecule has 144 valence electrons. The summed E-state index contributed by atoms with van der Waals surface area (Å²) in [5.41, 5.74) is 10.4. The number of Topliss-reactive ketones (excluding diaryl/α,β-unsaturated/α-hetero) is 1. The summed E-state index contributed by atoms with van der Waals surface area (Å²) in [7, 11) is 1.55. The number of fused-ring (bicyclic) bond motifs is 1. The molecule has 29 heavy (non-hydrogen) atoms. The number of methoxy groups -OCH3 is 1. The van der Waals surface area contributed by atoms with Gasteiger partial charge >= 0.3 is 0 Å². The Kier molecular flexibility index (Phi) is 4.64. The molecule has 5 nitrogen and oxygen atoms in total. The van der Waals surface area contributed by atoms with Crippen LogP contribution in [-0.2, 0) is 0 Å². The van der Waals surface area contributed by atoms with Gasteiger partial charge in [-0.1, -0.05) is 48.5 Å². The second kappa shape index (κ2) is 7.28. The summed E-state index contributed by atoms with van der Waals surface area (Å²) < 4.78 is 7.00. The number of nitrogens with two attached hydrogens (primary N) is 1. The number of amides is 1. The van der Waals surface area contributed by atoms with Gasteiger partial charge in [-0.05, 0) is 28.8 Å². The second-order valence-electron chi connectivity index (χ2n) is 6.79. The maximum Gasteiger partial charge on any atom is 0.251 e. The van der Waals surface area contributed by atoms with E-state index >= 15 is 0 Å². The van der Waals surface area contributed by atoms with Crippen LogP contribution in [0.4, 0.5) is 0 Å². The number of ether oxygens (including phenoxy) is 1. The third kappa shape index (κ3) is 3.17. The molecule has 0 atom stereocenters. The predicted octanol–water partition coefficient (Wildman–Crippen LogP) is 4.58. The zero-order chi connectivity index (χ0) is 20.5. The highest BCUT2D eigenvalue weighted by Crippen LogP contribution is 2.36. The highest BCUT2D eigenvalue weighted by Gasteiger charge is 2.26. The minimum absolute atomic E-state index is 0.155. The lowest BCUT2D eigenvalue weighted by Crippen LogP contribution is -2.12. The van der Waals surface area contributed by atoms with Crippen molar-refractivity contribution in [2.45, 2.75) is 6.92 Å². The van der Waals surface area contributed by atoms with Gasteiger partial charge in [0.1, 0.15) is 5.75 Å². The van der Waals surface area contributed by atoms with E-state index in [0.717, 1.165) is 16.7 Å². The van der Waals surface area contributed by atoms with E-state index in [1.165, 1.54) is 6.92 Å². The van der Waals surface area contributed by atoms with Gasteiger partial charge in [0.2, 0.25) is 0 Å². The summed E-state index contributed by atoms with van der Waals surface area (Å²) in [6.07, 6.45) is 1.72. The molecule has 1 amide bonds. The van der Waals surface area contributed by atoms with Crippen molar-refractivity contribution in [2.24, 2.45) is 5.73 Å². The molecule has 0 bridgehead atoms. The average Bonchev–Trinajstić information content (AvgIpc) is 3.09. The van der Waals surface area contributed by atoms with Crippen molar-refractivity contribution in [2.75, 3.05) is 7.11 Å². The van der Waals surface area contributed by atoms with Crippen LogP contribution in [0.5, 0.6) is 5.75 Å². The summed E-state index contributed by atoms with van der Waals surface area (Å²) in [6.45, 7) is 1.49. The van der Waals surface area contributed by atoms with E-state index in [1.54, 1.807) is 29.8 Å². The molecule has 0 radical (unpaired) electrons. The van der Waals surface area contributed by atoms with E-state index in [9.17, 15) is 9.59 Å². The zero-order valence-corrected chi connectivity index (χ0v) is 16.2. The van der Waals surface area contributed by atoms with E-state index in [0.29, 0.717) is 28.1 Å². The van der Waals surface area contributed by atoms with Crippen molar-refractivity contribution in [1.82, 2.24) is 4.40 Å². The molecule has 4 aromatic rings. The number of hydrogen-bond donors (Lipinski definition) is 1. The average molecular weight is 384 g/mol. The molecule has 2 N–H and O–H groups in total. The summed E-state index contributed by atoms with van der Waals surface area (Å²) in [6, 6.07) is 21.2. The topological polar surface area (TPSA) is 73.8 Å². The second-order valence-corrected chi connectivity index (χ2v) is 6.79. The van der Waals surface area contributed by atoms with E-state index in [-0.39, 0.29) is 5.78 Å². The van der Waals surface area contributed by atoms with Crippen LogP contribution in [0.1, 0.15) is 27.8 Å². The van der Waals surface area contributed by atoms with Gasteiger partial charge in [-0.3, -0.25) is 9.59 Å². The lowest BCUT2D eigenvalue weighted by Gasteiger charge is -2.08. The first-order valence-electron chi connectivity index (χ1n) is 9.20. The Morgan fingerprint density at radius 1 is 0.897 bits per heavy atom. The molecule has 0 aliphatic carbocycles. The Hall–Kier alpha value is -3.86. The summed E-state index contributed by atoms with van der Waals surface area (Å²) in [4.78, 5) is 25.1. The SMILES string of the molecule is COc1ccn2c(C(C)=O)c(-c3cccc(-c4ccccc4)c3)c(C(N)=O)c2c1. The Morgan fingerprint density at radius 3 is 2.24 bits per heavy atom. The third-order valence-electron chi connectivity index (χ3n) is 4.98. The Bertz CT molecular complexity index is 1240. The Morgan fingerprint density at radius 2 is 1.59 bits per heavy atom. The van der Waals surface area contributed by atoms with E-state index in [1.807, 2.05) is 54.6 Å². The molecule has 0 aliphatic rings. The molecule has 0 saturated heterocycles. The first-order chi connectivity index (χ1) is 14.0. The fourth-order valence-corrected chi connectivity index (χ4v) is 3.72. The highest BCUT2D eigenvalue weighted by atomic mass is 16.5. The van der Waals surface area contributed by atoms with Crippen molar-refractivity contribution in [3.05, 3.63) is 84.2 Å². The van der Waals surface area contributed by atoms with Gasteiger partial charge in [-0.15, -0.1) is 0 Å². The minimum Gasteiger partial charge on any atom is -0.497 e. The smallest absolute Gasteiger partial charge is 0.251 e. The molecular formula is C24H20N2O3. The molecule has 2 heterocycles. The normalized spacial score (nSPS) is 10.8. The summed E-state index contributed by atoms with van der Waals surface area (Å²) >= 11 is 0. The van der Waals surface area contributed by atoms with Gasteiger partial charge in [0.25, 0.3) is 5.91 Å². The van der Waals surface area contributed by atoms with Crippen LogP contribution in [0, 0.1) is 0 Å². The van der Waals surface area contributed by atoms with Crippen LogP contribution >= 0.6 is 0 Å². The molecule has 5 heteroatoms. The van der Waals surface area contributed by atoms with E-state index in [4.69, 9.17) is 10.5 Å². The standard InChI is InChI=1S/C24H20N2O3/c1-15(27)23-21(18-10-6-9-17(13-18)16-7-4-3-5-8-16)22(24(25)28)20-14-19(29-2)11-12-26(20)23/h3-14H,1-2H3,(H2,25,28). The van der Waals surface area contributed by atoms with Gasteiger partial charge in [0.05, 0.1) is 23.9 Å². The number of carbonyl (C=O) groups is 2. The van der Waals surface area contributed by atoms with Crippen molar-refractivity contribution in [3.63, 3.8) is 0 Å². The molecule has 2 aromatic heterocycles. The first-order valence-corrected chi connectivity index (χ1v) is 9.20. The van der Waals surface area contributed by atoms with Crippen LogP contribution < -0.4 is 10.5 Å². The number of pyridine rings is 1. The van der Waals surface area contributed by atoms with Crippen molar-refractivity contribution in [3.8, 4) is 28.0 Å². The summed E-state index contributed by atoms with van der Waals surface area (Å²) in [5, 5.41) is 0. The Balaban J connectivity index is 2.05. The van der Waals surface area contributed by atoms with Crippen LogP contribution in [0.25, 0.3) is 27.8 Å². The quantitative estimate of drug-likeness (QED) is 0.512. The van der Waals surface area contributed by atoms with Crippen LogP contribution in [0.2, 0.25) is 0 Å². The molecule has 0 spiro atoms. The highest BCUT2D eigenvalue weighted by molar-refractivity contribution is 6.14. The van der Waals surface area contributed by atoms with Gasteiger partial charge in [-0.2, -0.15) is 0 Å². The maximum absolute atomic E-state index is 12.6. The fourth-order valence-electron chi connectivity index (χ4n) is 3.72. The number of aromatic nitrogens is 1. The van der Waals surface area contributed by atoms with E-state index in [2.05, 4.69) is 0 Å². The molecule has 0 aliphatic heterocycles. The molecular weight excluding hydrogens is 364 g/mol. The summed E-state index contributed by atoms with van der Waals surface area (Å²) in [5.74, 6) is -0.168. The van der Waals surface area contributed by atoms with Gasteiger partial charge < -0.3 is 14.9 Å². The van der Waals surface area contributed by atoms with Gasteiger partial charge in [0.15, 0.2) is 5.78 Å².